The summed E-state index contributed by atoms with van der Waals surface area (Å²) in [6, 6.07) is 8.57. The summed E-state index contributed by atoms with van der Waals surface area (Å²) < 4.78 is 2.12. The number of imidazole rings is 1. The fourth-order valence-electron chi connectivity index (χ4n) is 3.60. The third-order valence-corrected chi connectivity index (χ3v) is 5.11. The molecule has 24 heavy (non-hydrogen) atoms. The molecule has 0 radical (unpaired) electrons. The van der Waals surface area contributed by atoms with Gasteiger partial charge in [-0.25, -0.2) is 9.97 Å². The van der Waals surface area contributed by atoms with Gasteiger partial charge in [0, 0.05) is 29.2 Å². The number of aromatic nitrogens is 4. The fourth-order valence-corrected chi connectivity index (χ4v) is 3.60. The van der Waals surface area contributed by atoms with Gasteiger partial charge in [0.25, 0.3) is 0 Å². The van der Waals surface area contributed by atoms with Gasteiger partial charge in [-0.3, -0.25) is 4.40 Å². The molecule has 3 heterocycles. The molecular formula is C19H19N5. The van der Waals surface area contributed by atoms with E-state index in [4.69, 9.17) is 10.7 Å². The second-order valence-electron chi connectivity index (χ2n) is 6.75. The van der Waals surface area contributed by atoms with Crippen LogP contribution >= 0.6 is 0 Å². The standard InChI is InChI=1S/C19H19N5/c1-11-5-6-13-10-15(22-14(13)9-11)16-17-18(20)21-7-8-24(17)19(23-16)12-3-2-4-12/h5-10,12,22H,2-4H2,1H3,(H2,20,21). The van der Waals surface area contributed by atoms with E-state index in [9.17, 15) is 0 Å². The van der Waals surface area contributed by atoms with Crippen LogP contribution in [0, 0.1) is 6.92 Å². The Hall–Kier alpha value is -2.82. The normalized spacial score (nSPS) is 15.2. The molecule has 5 rings (SSSR count). The summed E-state index contributed by atoms with van der Waals surface area (Å²) in [5, 5.41) is 1.18. The minimum Gasteiger partial charge on any atom is -0.382 e. The van der Waals surface area contributed by atoms with E-state index in [0.29, 0.717) is 11.7 Å². The highest BCUT2D eigenvalue weighted by atomic mass is 15.1. The maximum atomic E-state index is 6.20. The number of fused-ring (bicyclic) bond motifs is 2. The van der Waals surface area contributed by atoms with Crippen LogP contribution in [0.25, 0.3) is 27.8 Å². The molecule has 4 aromatic rings. The molecule has 0 atom stereocenters. The Morgan fingerprint density at radius 2 is 2.12 bits per heavy atom. The van der Waals surface area contributed by atoms with Gasteiger partial charge in [0.1, 0.15) is 22.9 Å². The molecular weight excluding hydrogens is 298 g/mol. The van der Waals surface area contributed by atoms with Crippen LogP contribution in [0.5, 0.6) is 0 Å². The van der Waals surface area contributed by atoms with Crippen LogP contribution in [0.15, 0.2) is 36.7 Å². The first-order chi connectivity index (χ1) is 11.7. The van der Waals surface area contributed by atoms with Crippen molar-refractivity contribution in [3.63, 3.8) is 0 Å². The lowest BCUT2D eigenvalue weighted by molar-refractivity contribution is 0.400. The van der Waals surface area contributed by atoms with Gasteiger partial charge in [-0.1, -0.05) is 18.6 Å². The number of nitrogens with one attached hydrogen (secondary N) is 1. The summed E-state index contributed by atoms with van der Waals surface area (Å²) in [5.74, 6) is 2.16. The second kappa shape index (κ2) is 4.84. The minimum absolute atomic E-state index is 0.527. The monoisotopic (exact) mass is 317 g/mol. The predicted octanol–water partition coefficient (Wildman–Crippen LogP) is 4.04. The Labute approximate surface area is 139 Å². The molecule has 0 saturated heterocycles. The van der Waals surface area contributed by atoms with Gasteiger partial charge >= 0.3 is 0 Å². The highest BCUT2D eigenvalue weighted by Gasteiger charge is 2.27. The third-order valence-electron chi connectivity index (χ3n) is 5.11. The number of nitrogens with zero attached hydrogens (tertiary/aromatic N) is 3. The number of aryl methyl sites for hydroxylation is 1. The van der Waals surface area contributed by atoms with Gasteiger partial charge < -0.3 is 10.7 Å². The Morgan fingerprint density at radius 1 is 1.25 bits per heavy atom. The van der Waals surface area contributed by atoms with Gasteiger partial charge in [0.15, 0.2) is 0 Å². The number of hydrogen-bond acceptors (Lipinski definition) is 3. The van der Waals surface area contributed by atoms with Gasteiger partial charge in [-0.2, -0.15) is 0 Å². The SMILES string of the molecule is Cc1ccc2cc(-c3nc(C4CCC4)n4ccnc(N)c34)[nH]c2c1. The maximum Gasteiger partial charge on any atom is 0.150 e. The van der Waals surface area contributed by atoms with Crippen molar-refractivity contribution in [2.75, 3.05) is 5.73 Å². The molecule has 120 valence electrons. The fraction of sp³-hybridized carbons (Fsp3) is 0.263. The zero-order chi connectivity index (χ0) is 16.3. The predicted molar refractivity (Wildman–Crippen MR) is 96.0 cm³/mol. The largest absolute Gasteiger partial charge is 0.382 e. The summed E-state index contributed by atoms with van der Waals surface area (Å²) in [7, 11) is 0. The first-order valence-corrected chi connectivity index (χ1v) is 8.43. The quantitative estimate of drug-likeness (QED) is 0.586. The highest BCUT2D eigenvalue weighted by molar-refractivity contribution is 5.91. The number of anilines is 1. The Balaban J connectivity index is 1.78. The smallest absolute Gasteiger partial charge is 0.150 e. The number of benzene rings is 1. The highest BCUT2D eigenvalue weighted by Crippen LogP contribution is 2.39. The van der Waals surface area contributed by atoms with Crippen LogP contribution in [-0.2, 0) is 0 Å². The van der Waals surface area contributed by atoms with Gasteiger partial charge in [0.05, 0.1) is 5.69 Å². The van der Waals surface area contributed by atoms with Crippen LogP contribution in [0.3, 0.4) is 0 Å². The van der Waals surface area contributed by atoms with Crippen molar-refractivity contribution in [3.05, 3.63) is 48.0 Å². The summed E-state index contributed by atoms with van der Waals surface area (Å²) in [4.78, 5) is 12.8. The first-order valence-electron chi connectivity index (χ1n) is 8.43. The lowest BCUT2D eigenvalue weighted by Crippen LogP contribution is -2.12. The van der Waals surface area contributed by atoms with Crippen molar-refractivity contribution in [1.29, 1.82) is 0 Å². The molecule has 1 aliphatic rings. The molecule has 0 spiro atoms. The Bertz CT molecular complexity index is 1070. The van der Waals surface area contributed by atoms with Crippen molar-refractivity contribution in [2.24, 2.45) is 0 Å². The van der Waals surface area contributed by atoms with E-state index >= 15 is 0 Å². The van der Waals surface area contributed by atoms with E-state index < -0.39 is 0 Å². The number of aromatic amines is 1. The van der Waals surface area contributed by atoms with Crippen molar-refractivity contribution >= 4 is 22.2 Å². The average molecular weight is 317 g/mol. The van der Waals surface area contributed by atoms with E-state index in [0.717, 1.165) is 28.2 Å². The lowest BCUT2D eigenvalue weighted by Gasteiger charge is -2.23. The lowest BCUT2D eigenvalue weighted by atomic mass is 9.85. The van der Waals surface area contributed by atoms with Gasteiger partial charge in [0.2, 0.25) is 0 Å². The number of H-pyrrole nitrogens is 1. The van der Waals surface area contributed by atoms with E-state index in [-0.39, 0.29) is 0 Å². The molecule has 3 N–H and O–H groups in total. The molecule has 0 unspecified atom stereocenters. The molecule has 0 amide bonds. The van der Waals surface area contributed by atoms with E-state index in [1.165, 1.54) is 30.2 Å². The molecule has 5 heteroatoms. The zero-order valence-electron chi connectivity index (χ0n) is 13.6. The molecule has 0 bridgehead atoms. The summed E-state index contributed by atoms with van der Waals surface area (Å²) in [6.07, 6.45) is 7.41. The van der Waals surface area contributed by atoms with Crippen molar-refractivity contribution in [1.82, 2.24) is 19.4 Å². The summed E-state index contributed by atoms with van der Waals surface area (Å²) in [6.45, 7) is 2.10. The molecule has 3 aromatic heterocycles. The number of hydrogen-bond donors (Lipinski definition) is 2. The van der Waals surface area contributed by atoms with E-state index in [1.54, 1.807) is 6.20 Å². The Kier molecular flexibility index (Phi) is 2.74. The third kappa shape index (κ3) is 1.87. The number of rotatable bonds is 2. The second-order valence-corrected chi connectivity index (χ2v) is 6.75. The van der Waals surface area contributed by atoms with E-state index in [2.05, 4.69) is 45.6 Å². The first kappa shape index (κ1) is 13.6. The molecule has 1 fully saturated rings. The van der Waals surface area contributed by atoms with E-state index in [1.807, 2.05) is 6.20 Å². The maximum absolute atomic E-state index is 6.20. The van der Waals surface area contributed by atoms with Gasteiger partial charge in [-0.05, 0) is 37.5 Å². The van der Waals surface area contributed by atoms with Crippen LogP contribution in [0.4, 0.5) is 5.82 Å². The number of nitrogen functional groups attached to an aromatic ring is 1. The average Bonchev–Trinajstić information content (AvgIpc) is 3.08. The summed E-state index contributed by atoms with van der Waals surface area (Å²) in [5.41, 5.74) is 11.4. The van der Waals surface area contributed by atoms with Crippen molar-refractivity contribution in [3.8, 4) is 11.4 Å². The van der Waals surface area contributed by atoms with Crippen molar-refractivity contribution in [2.45, 2.75) is 32.1 Å². The molecule has 5 nitrogen and oxygen atoms in total. The zero-order valence-corrected chi connectivity index (χ0v) is 13.6. The topological polar surface area (TPSA) is 72.0 Å². The van der Waals surface area contributed by atoms with Crippen LogP contribution in [0.2, 0.25) is 0 Å². The number of nitrogens with two attached hydrogens (primary N) is 1. The van der Waals surface area contributed by atoms with Crippen LogP contribution in [0.1, 0.15) is 36.6 Å². The molecule has 1 aromatic carbocycles. The molecule has 1 saturated carbocycles. The summed E-state index contributed by atoms with van der Waals surface area (Å²) >= 11 is 0. The minimum atomic E-state index is 0.527. The van der Waals surface area contributed by atoms with Crippen LogP contribution in [-0.4, -0.2) is 19.4 Å². The van der Waals surface area contributed by atoms with Gasteiger partial charge in [-0.15, -0.1) is 0 Å². The molecule has 1 aliphatic carbocycles. The Morgan fingerprint density at radius 3 is 2.92 bits per heavy atom. The van der Waals surface area contributed by atoms with Crippen LogP contribution < -0.4 is 5.73 Å². The molecule has 0 aliphatic heterocycles. The van der Waals surface area contributed by atoms with Crippen molar-refractivity contribution < 1.29 is 0 Å².